The summed E-state index contributed by atoms with van der Waals surface area (Å²) in [6, 6.07) is 25.7. The highest BCUT2D eigenvalue weighted by Gasteiger charge is 2.39. The Labute approximate surface area is 213 Å². The Morgan fingerprint density at radius 1 is 1.00 bits per heavy atom. The lowest BCUT2D eigenvalue weighted by Gasteiger charge is -2.18. The minimum absolute atomic E-state index is 0.0670. The minimum Gasteiger partial charge on any atom is -0.376 e. The predicted molar refractivity (Wildman–Crippen MR) is 145 cm³/mol. The van der Waals surface area contributed by atoms with Crippen molar-refractivity contribution in [1.29, 1.82) is 5.26 Å². The van der Waals surface area contributed by atoms with E-state index in [0.29, 0.717) is 27.9 Å². The number of hydrogen-bond donors (Lipinski definition) is 0. The molecule has 1 fully saturated rings. The monoisotopic (exact) mass is 497 g/mol. The first-order valence-corrected chi connectivity index (χ1v) is 12.7. The van der Waals surface area contributed by atoms with Crippen molar-refractivity contribution >= 4 is 51.7 Å². The standard InChI is InChI=1S/C27H23N5OS2/c1-30(2)21-14-13-19(16-28)15-20(21)29-27-32(17-18-9-5-4-6-10-18)25(33)24(35-27)26-31(3)22-11-7-8-12-23(22)34-26/h4-15H,17H2,1-3H3/b26-24-,29-27-. The summed E-state index contributed by atoms with van der Waals surface area (Å²) in [6.45, 7) is 0.416. The molecule has 0 aliphatic carbocycles. The largest absolute Gasteiger partial charge is 0.376 e. The van der Waals surface area contributed by atoms with E-state index in [1.807, 2.05) is 74.6 Å². The molecule has 3 aromatic rings. The van der Waals surface area contributed by atoms with Gasteiger partial charge in [-0.05, 0) is 47.7 Å². The first-order chi connectivity index (χ1) is 17.0. The molecule has 8 heteroatoms. The van der Waals surface area contributed by atoms with Crippen molar-refractivity contribution in [2.24, 2.45) is 4.99 Å². The lowest BCUT2D eigenvalue weighted by Crippen LogP contribution is -2.29. The Morgan fingerprint density at radius 3 is 2.46 bits per heavy atom. The lowest BCUT2D eigenvalue weighted by atomic mass is 10.2. The predicted octanol–water partition coefficient (Wildman–Crippen LogP) is 5.80. The third-order valence-electron chi connectivity index (χ3n) is 5.78. The molecule has 0 bridgehead atoms. The number of nitriles is 1. The van der Waals surface area contributed by atoms with Crippen molar-refractivity contribution in [1.82, 2.24) is 4.90 Å². The Balaban J connectivity index is 1.61. The minimum atomic E-state index is -0.0670. The van der Waals surface area contributed by atoms with Crippen molar-refractivity contribution in [2.75, 3.05) is 30.9 Å². The Kier molecular flexibility index (Phi) is 6.29. The average molecular weight is 498 g/mol. The third-order valence-corrected chi connectivity index (χ3v) is 8.21. The van der Waals surface area contributed by atoms with Crippen molar-refractivity contribution in [3.05, 3.63) is 93.9 Å². The number of carbonyl (C=O) groups excluding carboxylic acids is 1. The molecule has 35 heavy (non-hydrogen) atoms. The van der Waals surface area contributed by atoms with Crippen LogP contribution in [0.4, 0.5) is 17.1 Å². The molecule has 6 nitrogen and oxygen atoms in total. The average Bonchev–Trinajstić information content (AvgIpc) is 3.36. The molecule has 0 radical (unpaired) electrons. The second kappa shape index (κ2) is 9.53. The van der Waals surface area contributed by atoms with Gasteiger partial charge in [0.25, 0.3) is 5.91 Å². The van der Waals surface area contributed by atoms with E-state index in [-0.39, 0.29) is 5.91 Å². The van der Waals surface area contributed by atoms with E-state index < -0.39 is 0 Å². The number of carbonyl (C=O) groups is 1. The van der Waals surface area contributed by atoms with Gasteiger partial charge in [-0.1, -0.05) is 54.2 Å². The van der Waals surface area contributed by atoms with Gasteiger partial charge in [0.05, 0.1) is 40.3 Å². The van der Waals surface area contributed by atoms with E-state index in [9.17, 15) is 10.1 Å². The molecule has 1 amide bonds. The van der Waals surface area contributed by atoms with Crippen LogP contribution in [0.3, 0.4) is 0 Å². The van der Waals surface area contributed by atoms with E-state index in [2.05, 4.69) is 23.1 Å². The van der Waals surface area contributed by atoms with Gasteiger partial charge >= 0.3 is 0 Å². The van der Waals surface area contributed by atoms with E-state index in [1.165, 1.54) is 11.8 Å². The van der Waals surface area contributed by atoms with E-state index in [0.717, 1.165) is 26.9 Å². The first kappa shape index (κ1) is 23.1. The maximum absolute atomic E-state index is 13.8. The van der Waals surface area contributed by atoms with Crippen LogP contribution in [0.25, 0.3) is 0 Å². The summed E-state index contributed by atoms with van der Waals surface area (Å²) in [5.74, 6) is -0.0670. The van der Waals surface area contributed by atoms with Gasteiger partial charge < -0.3 is 9.80 Å². The highest BCUT2D eigenvalue weighted by atomic mass is 32.2. The number of nitrogens with zero attached hydrogens (tertiary/aromatic N) is 5. The molecule has 0 N–H and O–H groups in total. The van der Waals surface area contributed by atoms with Crippen LogP contribution in [0.2, 0.25) is 0 Å². The Bertz CT molecular complexity index is 1410. The zero-order valence-electron chi connectivity index (χ0n) is 19.6. The van der Waals surface area contributed by atoms with Gasteiger partial charge in [-0.2, -0.15) is 5.26 Å². The van der Waals surface area contributed by atoms with Gasteiger partial charge in [-0.15, -0.1) is 0 Å². The van der Waals surface area contributed by atoms with Crippen molar-refractivity contribution in [3.8, 4) is 6.07 Å². The molecule has 2 aliphatic rings. The molecule has 3 aromatic carbocycles. The second-order valence-corrected chi connectivity index (χ2v) is 10.4. The quantitative estimate of drug-likeness (QED) is 0.425. The molecular formula is C27H23N5OS2. The number of aliphatic imine (C=N–C) groups is 1. The molecule has 0 unspecified atom stereocenters. The molecular weight excluding hydrogens is 474 g/mol. The fraction of sp³-hybridized carbons (Fsp3) is 0.148. The number of amides is 1. The van der Waals surface area contributed by atoms with Crippen LogP contribution in [0.5, 0.6) is 0 Å². The molecule has 0 aromatic heterocycles. The van der Waals surface area contributed by atoms with Crippen LogP contribution in [0, 0.1) is 11.3 Å². The number of fused-ring (bicyclic) bond motifs is 1. The maximum atomic E-state index is 13.8. The zero-order valence-corrected chi connectivity index (χ0v) is 21.2. The highest BCUT2D eigenvalue weighted by molar-refractivity contribution is 8.19. The normalized spacial score (nSPS) is 18.2. The van der Waals surface area contributed by atoms with Gasteiger partial charge in [0, 0.05) is 26.0 Å². The smallest absolute Gasteiger partial charge is 0.269 e. The van der Waals surface area contributed by atoms with E-state index in [4.69, 9.17) is 4.99 Å². The van der Waals surface area contributed by atoms with Gasteiger partial charge in [-0.25, -0.2) is 4.99 Å². The molecule has 2 heterocycles. The number of thioether (sulfide) groups is 2. The van der Waals surface area contributed by atoms with Crippen LogP contribution in [-0.2, 0) is 11.3 Å². The number of hydrogen-bond acceptors (Lipinski definition) is 7. The van der Waals surface area contributed by atoms with Crippen LogP contribution in [0.15, 0.2) is 92.6 Å². The molecule has 0 saturated carbocycles. The molecule has 1 saturated heterocycles. The summed E-state index contributed by atoms with van der Waals surface area (Å²) in [4.78, 5) is 26.3. The van der Waals surface area contributed by atoms with Crippen molar-refractivity contribution in [3.63, 3.8) is 0 Å². The Hall–Kier alpha value is -3.67. The molecule has 0 atom stereocenters. The molecule has 2 aliphatic heterocycles. The van der Waals surface area contributed by atoms with E-state index >= 15 is 0 Å². The number of anilines is 2. The van der Waals surface area contributed by atoms with Gasteiger partial charge in [0.2, 0.25) is 0 Å². The van der Waals surface area contributed by atoms with Crippen LogP contribution >= 0.6 is 23.5 Å². The van der Waals surface area contributed by atoms with Crippen LogP contribution < -0.4 is 9.80 Å². The highest BCUT2D eigenvalue weighted by Crippen LogP contribution is 2.50. The van der Waals surface area contributed by atoms with Crippen LogP contribution in [0.1, 0.15) is 11.1 Å². The second-order valence-electron chi connectivity index (χ2n) is 8.35. The number of rotatable bonds is 4. The van der Waals surface area contributed by atoms with Crippen molar-refractivity contribution < 1.29 is 4.79 Å². The maximum Gasteiger partial charge on any atom is 0.269 e. The SMILES string of the molecule is CN(C)c1ccc(C#N)cc1/N=C1\S/C(=C2\Sc3ccccc3N2C)C(=O)N1Cc1ccccc1. The third kappa shape index (κ3) is 4.41. The fourth-order valence-corrected chi connectivity index (χ4v) is 6.32. The topological polar surface area (TPSA) is 62.9 Å². The number of benzene rings is 3. The molecule has 174 valence electrons. The zero-order chi connectivity index (χ0) is 24.5. The van der Waals surface area contributed by atoms with Crippen molar-refractivity contribution in [2.45, 2.75) is 11.4 Å². The molecule has 5 rings (SSSR count). The summed E-state index contributed by atoms with van der Waals surface area (Å²) in [6.07, 6.45) is 0. The fourth-order valence-electron chi connectivity index (χ4n) is 3.99. The van der Waals surface area contributed by atoms with Gasteiger partial charge in [0.15, 0.2) is 5.17 Å². The molecule has 0 spiro atoms. The van der Waals surface area contributed by atoms with Gasteiger partial charge in [-0.3, -0.25) is 9.69 Å². The summed E-state index contributed by atoms with van der Waals surface area (Å²) < 4.78 is 0. The van der Waals surface area contributed by atoms with Crippen LogP contribution in [-0.4, -0.2) is 37.1 Å². The summed E-state index contributed by atoms with van der Waals surface area (Å²) in [7, 11) is 5.87. The first-order valence-electron chi connectivity index (χ1n) is 11.0. The summed E-state index contributed by atoms with van der Waals surface area (Å²) >= 11 is 3.00. The number of para-hydroxylation sites is 1. The van der Waals surface area contributed by atoms with Gasteiger partial charge in [0.1, 0.15) is 4.91 Å². The summed E-state index contributed by atoms with van der Waals surface area (Å²) in [5.41, 5.74) is 4.17. The Morgan fingerprint density at radius 2 is 1.74 bits per heavy atom. The number of amidine groups is 1. The summed E-state index contributed by atoms with van der Waals surface area (Å²) in [5, 5.41) is 11.0. The lowest BCUT2D eigenvalue weighted by molar-refractivity contribution is -0.122. The van der Waals surface area contributed by atoms with E-state index in [1.54, 1.807) is 28.8 Å².